The highest BCUT2D eigenvalue weighted by atomic mass is 16.5. The molecule has 1 aliphatic rings. The van der Waals surface area contributed by atoms with Crippen molar-refractivity contribution in [1.82, 2.24) is 20.6 Å². The SMILES string of the molecule is COc1ccc(CN2C([C@@H](Cc3c[nH]c4ccccc34)NC(=O)CCN)=NNC2CCc2ccccc2)cc1. The average Bonchev–Trinajstić information content (AvgIpc) is 3.56. The van der Waals surface area contributed by atoms with E-state index in [0.29, 0.717) is 19.5 Å². The molecule has 0 spiro atoms. The predicted molar refractivity (Wildman–Crippen MR) is 155 cm³/mol. The summed E-state index contributed by atoms with van der Waals surface area (Å²) in [4.78, 5) is 18.5. The molecule has 1 aliphatic heterocycles. The van der Waals surface area contributed by atoms with Gasteiger partial charge >= 0.3 is 0 Å². The van der Waals surface area contributed by atoms with Crippen molar-refractivity contribution in [3.8, 4) is 5.75 Å². The second-order valence-electron chi connectivity index (χ2n) is 9.84. The fraction of sp³-hybridized carbons (Fsp3) is 0.290. The van der Waals surface area contributed by atoms with Gasteiger partial charge in [0.2, 0.25) is 5.91 Å². The number of nitrogens with zero attached hydrogens (tertiary/aromatic N) is 2. The first kappa shape index (κ1) is 26.3. The van der Waals surface area contributed by atoms with Crippen molar-refractivity contribution in [3.05, 3.63) is 102 Å². The molecule has 0 aliphatic carbocycles. The Morgan fingerprint density at radius 1 is 1.05 bits per heavy atom. The molecule has 1 amide bonds. The molecule has 0 saturated heterocycles. The van der Waals surface area contributed by atoms with E-state index in [0.717, 1.165) is 46.5 Å². The Kier molecular flexibility index (Phi) is 8.43. The number of rotatable bonds is 12. The smallest absolute Gasteiger partial charge is 0.221 e. The van der Waals surface area contributed by atoms with E-state index < -0.39 is 0 Å². The van der Waals surface area contributed by atoms with Gasteiger partial charge in [0, 0.05) is 43.0 Å². The van der Waals surface area contributed by atoms with Gasteiger partial charge in [0.15, 0.2) is 0 Å². The largest absolute Gasteiger partial charge is 0.497 e. The number of carbonyl (C=O) groups is 1. The lowest BCUT2D eigenvalue weighted by atomic mass is 10.0. The molecule has 8 nitrogen and oxygen atoms in total. The number of benzene rings is 3. The molecule has 4 aromatic rings. The van der Waals surface area contributed by atoms with Gasteiger partial charge in [-0.1, -0.05) is 60.7 Å². The molecule has 2 atom stereocenters. The summed E-state index contributed by atoms with van der Waals surface area (Å²) in [6, 6.07) is 26.5. The maximum Gasteiger partial charge on any atom is 0.221 e. The van der Waals surface area contributed by atoms with E-state index in [1.165, 1.54) is 5.56 Å². The number of hydrogen-bond acceptors (Lipinski definition) is 6. The fourth-order valence-electron chi connectivity index (χ4n) is 5.12. The summed E-state index contributed by atoms with van der Waals surface area (Å²) >= 11 is 0. The van der Waals surface area contributed by atoms with Crippen LogP contribution < -0.4 is 21.2 Å². The van der Waals surface area contributed by atoms with E-state index >= 15 is 0 Å². The molecule has 1 aromatic heterocycles. The van der Waals surface area contributed by atoms with Crippen molar-refractivity contribution in [3.63, 3.8) is 0 Å². The summed E-state index contributed by atoms with van der Waals surface area (Å²) in [6.45, 7) is 0.943. The molecule has 39 heavy (non-hydrogen) atoms. The molecule has 5 N–H and O–H groups in total. The third-order valence-electron chi connectivity index (χ3n) is 7.18. The highest BCUT2D eigenvalue weighted by Gasteiger charge is 2.34. The molecule has 0 bridgehead atoms. The van der Waals surface area contributed by atoms with Crippen LogP contribution in [0.4, 0.5) is 0 Å². The summed E-state index contributed by atoms with van der Waals surface area (Å²) in [5.41, 5.74) is 13.7. The Labute approximate surface area is 229 Å². The Hall–Kier alpha value is -4.30. The van der Waals surface area contributed by atoms with Gasteiger partial charge in [-0.3, -0.25) is 10.2 Å². The van der Waals surface area contributed by atoms with E-state index in [-0.39, 0.29) is 24.5 Å². The number of aromatic amines is 1. The average molecular weight is 525 g/mol. The van der Waals surface area contributed by atoms with Crippen LogP contribution in [0.1, 0.15) is 29.5 Å². The molecule has 3 aromatic carbocycles. The number of para-hydroxylation sites is 1. The third kappa shape index (κ3) is 6.41. The van der Waals surface area contributed by atoms with Crippen LogP contribution in [-0.4, -0.2) is 47.5 Å². The van der Waals surface area contributed by atoms with Crippen LogP contribution in [-0.2, 0) is 24.2 Å². The van der Waals surface area contributed by atoms with Gasteiger partial charge in [-0.25, -0.2) is 0 Å². The normalized spacial score (nSPS) is 15.6. The zero-order chi connectivity index (χ0) is 27.0. The molecule has 5 rings (SSSR count). The van der Waals surface area contributed by atoms with Gasteiger partial charge in [-0.05, 0) is 47.7 Å². The number of nitrogens with two attached hydrogens (primary N) is 1. The molecular formula is C31H36N6O2. The van der Waals surface area contributed by atoms with Crippen molar-refractivity contribution in [2.45, 2.75) is 44.4 Å². The fourth-order valence-corrected chi connectivity index (χ4v) is 5.12. The minimum Gasteiger partial charge on any atom is -0.497 e. The number of nitrogens with one attached hydrogen (secondary N) is 3. The number of methoxy groups -OCH3 is 1. The van der Waals surface area contributed by atoms with E-state index in [1.54, 1.807) is 7.11 Å². The van der Waals surface area contributed by atoms with Crippen LogP contribution in [0.3, 0.4) is 0 Å². The van der Waals surface area contributed by atoms with Crippen LogP contribution in [0, 0.1) is 0 Å². The van der Waals surface area contributed by atoms with Crippen molar-refractivity contribution in [2.24, 2.45) is 10.8 Å². The highest BCUT2D eigenvalue weighted by Crippen LogP contribution is 2.24. The minimum atomic E-state index is -0.323. The molecule has 202 valence electrons. The molecule has 8 heteroatoms. The second-order valence-corrected chi connectivity index (χ2v) is 9.84. The first-order chi connectivity index (χ1) is 19.1. The van der Waals surface area contributed by atoms with E-state index in [4.69, 9.17) is 15.6 Å². The topological polar surface area (TPSA) is 108 Å². The second kappa shape index (κ2) is 12.5. The third-order valence-corrected chi connectivity index (χ3v) is 7.18. The Morgan fingerprint density at radius 2 is 1.82 bits per heavy atom. The van der Waals surface area contributed by atoms with Crippen LogP contribution in [0.15, 0.2) is 90.2 Å². The lowest BCUT2D eigenvalue weighted by Gasteiger charge is -2.31. The quantitative estimate of drug-likeness (QED) is 0.225. The molecule has 2 heterocycles. The van der Waals surface area contributed by atoms with Gasteiger partial charge in [-0.2, -0.15) is 5.10 Å². The van der Waals surface area contributed by atoms with E-state index in [9.17, 15) is 4.79 Å². The number of H-pyrrole nitrogens is 1. The molecular weight excluding hydrogens is 488 g/mol. The Morgan fingerprint density at radius 3 is 2.59 bits per heavy atom. The Bertz CT molecular complexity index is 1400. The standard InChI is InChI=1S/C31H36N6O2/c1-39-25-14-11-23(12-15-25)21-37-29(16-13-22-7-3-2-4-8-22)35-36-31(37)28(34-30(38)17-18-32)19-24-20-33-27-10-6-5-9-26(24)27/h2-12,14-15,20,28-29,33,35H,13,16-19,21,32H2,1H3,(H,34,38)/t28-,29?/m1/s1. The number of amidine groups is 1. The molecule has 0 fully saturated rings. The zero-order valence-electron chi connectivity index (χ0n) is 22.3. The van der Waals surface area contributed by atoms with Crippen LogP contribution >= 0.6 is 0 Å². The monoisotopic (exact) mass is 524 g/mol. The van der Waals surface area contributed by atoms with E-state index in [2.05, 4.69) is 69.2 Å². The zero-order valence-corrected chi connectivity index (χ0v) is 22.3. The van der Waals surface area contributed by atoms with E-state index in [1.807, 2.05) is 36.5 Å². The summed E-state index contributed by atoms with van der Waals surface area (Å²) in [7, 11) is 1.67. The summed E-state index contributed by atoms with van der Waals surface area (Å²) in [6.07, 6.45) is 4.65. The van der Waals surface area contributed by atoms with Crippen molar-refractivity contribution in [1.29, 1.82) is 0 Å². The van der Waals surface area contributed by atoms with Crippen molar-refractivity contribution in [2.75, 3.05) is 13.7 Å². The first-order valence-corrected chi connectivity index (χ1v) is 13.5. The number of aryl methyl sites for hydroxylation is 1. The summed E-state index contributed by atoms with van der Waals surface area (Å²) in [5, 5.41) is 9.20. The maximum atomic E-state index is 12.8. The highest BCUT2D eigenvalue weighted by molar-refractivity contribution is 5.93. The lowest BCUT2D eigenvalue weighted by Crippen LogP contribution is -2.51. The maximum absolute atomic E-state index is 12.8. The van der Waals surface area contributed by atoms with Gasteiger partial charge in [-0.15, -0.1) is 0 Å². The van der Waals surface area contributed by atoms with Gasteiger partial charge < -0.3 is 25.7 Å². The number of carbonyl (C=O) groups excluding carboxylic acids is 1. The number of ether oxygens (including phenoxy) is 1. The summed E-state index contributed by atoms with van der Waals surface area (Å²) in [5.74, 6) is 1.56. The van der Waals surface area contributed by atoms with Crippen LogP contribution in [0.2, 0.25) is 0 Å². The lowest BCUT2D eigenvalue weighted by molar-refractivity contribution is -0.121. The van der Waals surface area contributed by atoms with Crippen LogP contribution in [0.5, 0.6) is 5.75 Å². The number of fused-ring (bicyclic) bond motifs is 1. The molecule has 0 radical (unpaired) electrons. The van der Waals surface area contributed by atoms with Gasteiger partial charge in [0.05, 0.1) is 13.2 Å². The number of hydrazone groups is 1. The van der Waals surface area contributed by atoms with Crippen molar-refractivity contribution >= 4 is 22.6 Å². The van der Waals surface area contributed by atoms with Crippen LogP contribution in [0.25, 0.3) is 10.9 Å². The Balaban J connectivity index is 1.43. The first-order valence-electron chi connectivity index (χ1n) is 13.5. The minimum absolute atomic E-state index is 0.0146. The van der Waals surface area contributed by atoms with Gasteiger partial charge in [0.1, 0.15) is 17.8 Å². The van der Waals surface area contributed by atoms with Gasteiger partial charge in [0.25, 0.3) is 0 Å². The molecule has 0 saturated carbocycles. The number of aromatic nitrogens is 1. The van der Waals surface area contributed by atoms with Crippen molar-refractivity contribution < 1.29 is 9.53 Å². The summed E-state index contributed by atoms with van der Waals surface area (Å²) < 4.78 is 5.36. The number of amides is 1. The predicted octanol–water partition coefficient (Wildman–Crippen LogP) is 3.93. The molecule has 1 unspecified atom stereocenters. The number of hydrogen-bond donors (Lipinski definition) is 4.